The van der Waals surface area contributed by atoms with Crippen molar-refractivity contribution in [2.75, 3.05) is 12.4 Å². The first-order chi connectivity index (χ1) is 15.5. The average molecular weight is 456 g/mol. The van der Waals surface area contributed by atoms with Gasteiger partial charge in [0, 0.05) is 36.5 Å². The monoisotopic (exact) mass is 456 g/mol. The summed E-state index contributed by atoms with van der Waals surface area (Å²) >= 11 is 0. The summed E-state index contributed by atoms with van der Waals surface area (Å²) in [6.45, 7) is 2.50. The fourth-order valence-corrected chi connectivity index (χ4v) is 3.81. The normalized spacial score (nSPS) is 13.6. The van der Waals surface area contributed by atoms with Crippen LogP contribution in [-0.4, -0.2) is 27.8 Å². The first kappa shape index (κ1) is 22.4. The van der Waals surface area contributed by atoms with Crippen LogP contribution in [0.5, 0.6) is 0 Å². The number of hydrogen-bond acceptors (Lipinski definition) is 5. The van der Waals surface area contributed by atoms with E-state index in [1.807, 2.05) is 11.9 Å². The number of halogens is 3. The molecule has 0 spiro atoms. The Kier molecular flexibility index (Phi) is 5.62. The summed E-state index contributed by atoms with van der Waals surface area (Å²) in [5, 5.41) is 13.5. The van der Waals surface area contributed by atoms with Gasteiger partial charge in [0.15, 0.2) is 0 Å². The highest BCUT2D eigenvalue weighted by molar-refractivity contribution is 6.08. The van der Waals surface area contributed by atoms with Crippen LogP contribution in [0.2, 0.25) is 0 Å². The SMILES string of the molecule is Cc1ccc(NC(=O)c2cc3c(nc2-c2ccc([N+](=O)[O-])cc2)CN(C)C3)cc1C(F)(F)F. The molecule has 33 heavy (non-hydrogen) atoms. The number of non-ortho nitro benzene ring substituents is 1. The molecule has 0 aliphatic carbocycles. The summed E-state index contributed by atoms with van der Waals surface area (Å²) in [5.74, 6) is -0.620. The van der Waals surface area contributed by atoms with E-state index in [9.17, 15) is 28.1 Å². The number of nitrogens with zero attached hydrogens (tertiary/aromatic N) is 3. The van der Waals surface area contributed by atoms with E-state index in [0.29, 0.717) is 24.3 Å². The minimum Gasteiger partial charge on any atom is -0.322 e. The minimum atomic E-state index is -4.55. The lowest BCUT2D eigenvalue weighted by atomic mass is 10.0. The number of anilines is 1. The Balaban J connectivity index is 1.74. The van der Waals surface area contributed by atoms with Crippen molar-refractivity contribution in [3.63, 3.8) is 0 Å². The Morgan fingerprint density at radius 1 is 1.12 bits per heavy atom. The molecule has 1 aliphatic heterocycles. The molecule has 0 bridgehead atoms. The highest BCUT2D eigenvalue weighted by atomic mass is 19.4. The van der Waals surface area contributed by atoms with Crippen LogP contribution >= 0.6 is 0 Å². The van der Waals surface area contributed by atoms with Crippen molar-refractivity contribution in [2.24, 2.45) is 0 Å². The smallest absolute Gasteiger partial charge is 0.322 e. The van der Waals surface area contributed by atoms with E-state index in [4.69, 9.17) is 0 Å². The molecule has 1 N–H and O–H groups in total. The number of hydrogen-bond donors (Lipinski definition) is 1. The fraction of sp³-hybridized carbons (Fsp3) is 0.217. The van der Waals surface area contributed by atoms with Crippen molar-refractivity contribution in [3.05, 3.63) is 86.6 Å². The first-order valence-corrected chi connectivity index (χ1v) is 9.98. The molecule has 0 unspecified atom stereocenters. The molecule has 2 heterocycles. The number of benzene rings is 2. The number of fused-ring (bicyclic) bond motifs is 1. The van der Waals surface area contributed by atoms with Crippen molar-refractivity contribution < 1.29 is 22.9 Å². The first-order valence-electron chi connectivity index (χ1n) is 9.98. The summed E-state index contributed by atoms with van der Waals surface area (Å²) in [4.78, 5) is 30.2. The molecular formula is C23H19F3N4O3. The van der Waals surface area contributed by atoms with Crippen LogP contribution in [0.25, 0.3) is 11.3 Å². The third-order valence-corrected chi connectivity index (χ3v) is 5.45. The number of rotatable bonds is 4. The summed E-state index contributed by atoms with van der Waals surface area (Å²) in [5.41, 5.74) is 1.70. The van der Waals surface area contributed by atoms with E-state index in [2.05, 4.69) is 10.3 Å². The Morgan fingerprint density at radius 3 is 2.45 bits per heavy atom. The number of nitro groups is 1. The van der Waals surface area contributed by atoms with Gasteiger partial charge in [-0.1, -0.05) is 6.07 Å². The lowest BCUT2D eigenvalue weighted by molar-refractivity contribution is -0.384. The molecule has 10 heteroatoms. The molecule has 1 aliphatic rings. The quantitative estimate of drug-likeness (QED) is 0.432. The number of carbonyl (C=O) groups is 1. The molecule has 0 radical (unpaired) electrons. The third-order valence-electron chi connectivity index (χ3n) is 5.45. The lowest BCUT2D eigenvalue weighted by Gasteiger charge is -2.15. The van der Waals surface area contributed by atoms with E-state index < -0.39 is 22.6 Å². The number of alkyl halides is 3. The molecule has 0 saturated heterocycles. The van der Waals surface area contributed by atoms with Crippen LogP contribution in [0, 0.1) is 17.0 Å². The van der Waals surface area contributed by atoms with E-state index in [1.165, 1.54) is 43.3 Å². The van der Waals surface area contributed by atoms with Gasteiger partial charge in [-0.3, -0.25) is 24.8 Å². The van der Waals surface area contributed by atoms with Crippen molar-refractivity contribution in [3.8, 4) is 11.3 Å². The number of pyridine rings is 1. The van der Waals surface area contributed by atoms with E-state index in [-0.39, 0.29) is 22.5 Å². The highest BCUT2D eigenvalue weighted by Gasteiger charge is 2.33. The van der Waals surface area contributed by atoms with Crippen LogP contribution < -0.4 is 5.32 Å². The average Bonchev–Trinajstić information content (AvgIpc) is 3.12. The Labute approximate surface area is 187 Å². The molecule has 0 atom stereocenters. The fourth-order valence-electron chi connectivity index (χ4n) is 3.81. The van der Waals surface area contributed by atoms with Crippen molar-refractivity contribution in [1.29, 1.82) is 0 Å². The third kappa shape index (κ3) is 4.56. The van der Waals surface area contributed by atoms with Gasteiger partial charge in [0.2, 0.25) is 0 Å². The number of aryl methyl sites for hydroxylation is 1. The van der Waals surface area contributed by atoms with E-state index >= 15 is 0 Å². The molecule has 7 nitrogen and oxygen atoms in total. The number of amides is 1. The zero-order chi connectivity index (χ0) is 23.9. The number of carbonyl (C=O) groups excluding carboxylic acids is 1. The van der Waals surface area contributed by atoms with Gasteiger partial charge in [0.05, 0.1) is 27.4 Å². The second-order valence-corrected chi connectivity index (χ2v) is 7.95. The van der Waals surface area contributed by atoms with Crippen LogP contribution in [0.4, 0.5) is 24.5 Å². The number of nitrogens with one attached hydrogen (secondary N) is 1. The summed E-state index contributed by atoms with van der Waals surface area (Å²) in [7, 11) is 1.90. The zero-order valence-corrected chi connectivity index (χ0v) is 17.7. The van der Waals surface area contributed by atoms with Crippen LogP contribution in [0.1, 0.15) is 32.7 Å². The molecule has 1 aromatic heterocycles. The Hall–Kier alpha value is -3.79. The predicted molar refractivity (Wildman–Crippen MR) is 116 cm³/mol. The van der Waals surface area contributed by atoms with Crippen LogP contribution in [-0.2, 0) is 19.3 Å². The maximum atomic E-state index is 13.3. The maximum absolute atomic E-state index is 13.3. The van der Waals surface area contributed by atoms with E-state index in [0.717, 1.165) is 17.3 Å². The molecule has 3 aromatic rings. The number of aromatic nitrogens is 1. The standard InChI is InChI=1S/C23H19F3N4O3/c1-13-3-6-16(10-19(13)23(24,25)26)27-22(31)18-9-15-11-29(2)12-20(15)28-21(18)14-4-7-17(8-5-14)30(32)33/h3-10H,11-12H2,1-2H3,(H,27,31). The topological polar surface area (TPSA) is 88.4 Å². The molecule has 0 fully saturated rings. The lowest BCUT2D eigenvalue weighted by Crippen LogP contribution is -2.16. The second-order valence-electron chi connectivity index (χ2n) is 7.95. The van der Waals surface area contributed by atoms with Crippen LogP contribution in [0.3, 0.4) is 0 Å². The molecule has 170 valence electrons. The predicted octanol–water partition coefficient (Wildman–Crippen LogP) is 5.18. The molecule has 4 rings (SSSR count). The summed E-state index contributed by atoms with van der Waals surface area (Å²) in [6, 6.07) is 10.9. The highest BCUT2D eigenvalue weighted by Crippen LogP contribution is 2.34. The van der Waals surface area contributed by atoms with Gasteiger partial charge in [0.1, 0.15) is 0 Å². The van der Waals surface area contributed by atoms with Gasteiger partial charge >= 0.3 is 6.18 Å². The largest absolute Gasteiger partial charge is 0.416 e. The van der Waals surface area contributed by atoms with Gasteiger partial charge in [-0.2, -0.15) is 13.2 Å². The Bertz CT molecular complexity index is 1260. The van der Waals surface area contributed by atoms with E-state index in [1.54, 1.807) is 6.07 Å². The molecule has 1 amide bonds. The Morgan fingerprint density at radius 2 is 1.82 bits per heavy atom. The molecule has 0 saturated carbocycles. The van der Waals surface area contributed by atoms with Crippen LogP contribution in [0.15, 0.2) is 48.5 Å². The van der Waals surface area contributed by atoms with Gasteiger partial charge in [-0.25, -0.2) is 0 Å². The van der Waals surface area contributed by atoms with Gasteiger partial charge in [-0.05, 0) is 55.4 Å². The molecule has 2 aromatic carbocycles. The van der Waals surface area contributed by atoms with Crippen molar-refractivity contribution in [2.45, 2.75) is 26.2 Å². The van der Waals surface area contributed by atoms with Gasteiger partial charge < -0.3 is 5.32 Å². The summed E-state index contributed by atoms with van der Waals surface area (Å²) < 4.78 is 39.8. The van der Waals surface area contributed by atoms with Gasteiger partial charge in [0.25, 0.3) is 11.6 Å². The minimum absolute atomic E-state index is 0.00481. The molecular weight excluding hydrogens is 437 g/mol. The van der Waals surface area contributed by atoms with Crippen molar-refractivity contribution in [1.82, 2.24) is 9.88 Å². The van der Waals surface area contributed by atoms with Crippen molar-refractivity contribution >= 4 is 17.3 Å². The maximum Gasteiger partial charge on any atom is 0.416 e. The number of nitro benzene ring substituents is 1. The second kappa shape index (κ2) is 8.28. The van der Waals surface area contributed by atoms with Gasteiger partial charge in [-0.15, -0.1) is 0 Å². The summed E-state index contributed by atoms with van der Waals surface area (Å²) in [6.07, 6.45) is -4.55. The zero-order valence-electron chi connectivity index (χ0n) is 17.7.